The first-order valence-corrected chi connectivity index (χ1v) is 8.39. The SMILES string of the molecule is CC1Cc2ccccc2N1C(=O)C(=O)NC1CCCCCC1. The second-order valence-corrected chi connectivity index (χ2v) is 6.52. The Bertz CT molecular complexity index is 562. The molecule has 1 fully saturated rings. The minimum absolute atomic E-state index is 0.0461. The van der Waals surface area contributed by atoms with Crippen molar-refractivity contribution in [3.63, 3.8) is 0 Å². The van der Waals surface area contributed by atoms with Crippen LogP contribution in [0.1, 0.15) is 51.0 Å². The van der Waals surface area contributed by atoms with E-state index in [1.807, 2.05) is 31.2 Å². The van der Waals surface area contributed by atoms with Gasteiger partial charge in [-0.2, -0.15) is 0 Å². The number of benzene rings is 1. The summed E-state index contributed by atoms with van der Waals surface area (Å²) in [6.07, 6.45) is 7.55. The van der Waals surface area contributed by atoms with Gasteiger partial charge in [0.2, 0.25) is 0 Å². The van der Waals surface area contributed by atoms with Crippen LogP contribution >= 0.6 is 0 Å². The molecule has 4 heteroatoms. The van der Waals surface area contributed by atoms with E-state index in [-0.39, 0.29) is 12.1 Å². The van der Waals surface area contributed by atoms with E-state index in [2.05, 4.69) is 5.32 Å². The highest BCUT2D eigenvalue weighted by atomic mass is 16.2. The van der Waals surface area contributed by atoms with Crippen molar-refractivity contribution in [2.75, 3.05) is 4.90 Å². The Labute approximate surface area is 131 Å². The second-order valence-electron chi connectivity index (χ2n) is 6.52. The molecule has 1 atom stereocenters. The number of nitrogens with one attached hydrogen (secondary N) is 1. The van der Waals surface area contributed by atoms with Crippen LogP contribution in [0.5, 0.6) is 0 Å². The first-order valence-electron chi connectivity index (χ1n) is 8.39. The van der Waals surface area contributed by atoms with E-state index in [0.717, 1.165) is 43.4 Å². The van der Waals surface area contributed by atoms with Crippen LogP contribution in [-0.2, 0) is 16.0 Å². The number of carbonyl (C=O) groups excluding carboxylic acids is 2. The predicted molar refractivity (Wildman–Crippen MR) is 86.7 cm³/mol. The van der Waals surface area contributed by atoms with Gasteiger partial charge in [0.25, 0.3) is 0 Å². The average molecular weight is 300 g/mol. The summed E-state index contributed by atoms with van der Waals surface area (Å²) in [5.74, 6) is -0.864. The molecule has 1 aliphatic carbocycles. The molecule has 4 nitrogen and oxygen atoms in total. The molecule has 0 bridgehead atoms. The lowest BCUT2D eigenvalue weighted by Gasteiger charge is -2.23. The minimum Gasteiger partial charge on any atom is -0.345 e. The largest absolute Gasteiger partial charge is 0.345 e. The lowest BCUT2D eigenvalue weighted by Crippen LogP contribution is -2.48. The van der Waals surface area contributed by atoms with E-state index in [4.69, 9.17) is 0 Å². The number of fused-ring (bicyclic) bond motifs is 1. The summed E-state index contributed by atoms with van der Waals surface area (Å²) in [7, 11) is 0. The van der Waals surface area contributed by atoms with Crippen molar-refractivity contribution in [2.24, 2.45) is 0 Å². The molecule has 1 aromatic rings. The van der Waals surface area contributed by atoms with Crippen LogP contribution < -0.4 is 10.2 Å². The fraction of sp³-hybridized carbons (Fsp3) is 0.556. The quantitative estimate of drug-likeness (QED) is 0.640. The van der Waals surface area contributed by atoms with E-state index in [9.17, 15) is 9.59 Å². The summed E-state index contributed by atoms with van der Waals surface area (Å²) in [5, 5.41) is 2.96. The molecule has 1 saturated carbocycles. The Morgan fingerprint density at radius 2 is 1.77 bits per heavy atom. The molecule has 1 N–H and O–H groups in total. The van der Waals surface area contributed by atoms with Gasteiger partial charge in [-0.3, -0.25) is 9.59 Å². The Hall–Kier alpha value is -1.84. The van der Waals surface area contributed by atoms with Gasteiger partial charge in [0.1, 0.15) is 0 Å². The molecule has 3 rings (SSSR count). The fourth-order valence-corrected chi connectivity index (χ4v) is 3.66. The van der Waals surface area contributed by atoms with Gasteiger partial charge < -0.3 is 10.2 Å². The van der Waals surface area contributed by atoms with Crippen molar-refractivity contribution in [3.8, 4) is 0 Å². The van der Waals surface area contributed by atoms with Gasteiger partial charge in [-0.15, -0.1) is 0 Å². The summed E-state index contributed by atoms with van der Waals surface area (Å²) >= 11 is 0. The van der Waals surface area contributed by atoms with Gasteiger partial charge in [-0.25, -0.2) is 0 Å². The smallest absolute Gasteiger partial charge is 0.316 e. The highest BCUT2D eigenvalue weighted by molar-refractivity contribution is 6.40. The zero-order chi connectivity index (χ0) is 15.5. The zero-order valence-electron chi connectivity index (χ0n) is 13.2. The van der Waals surface area contributed by atoms with E-state index in [1.54, 1.807) is 4.90 Å². The van der Waals surface area contributed by atoms with Gasteiger partial charge in [0, 0.05) is 17.8 Å². The number of hydrogen-bond donors (Lipinski definition) is 1. The van der Waals surface area contributed by atoms with Gasteiger partial charge >= 0.3 is 11.8 Å². The van der Waals surface area contributed by atoms with Crippen molar-refractivity contribution in [3.05, 3.63) is 29.8 Å². The summed E-state index contributed by atoms with van der Waals surface area (Å²) < 4.78 is 0. The van der Waals surface area contributed by atoms with Crippen LogP contribution in [0.4, 0.5) is 5.69 Å². The maximum absolute atomic E-state index is 12.6. The highest BCUT2D eigenvalue weighted by Crippen LogP contribution is 2.31. The van der Waals surface area contributed by atoms with E-state index < -0.39 is 11.8 Å². The third-order valence-electron chi connectivity index (χ3n) is 4.81. The summed E-state index contributed by atoms with van der Waals surface area (Å²) in [6, 6.07) is 8.06. The van der Waals surface area contributed by atoms with Gasteiger partial charge in [-0.05, 0) is 37.8 Å². The number of anilines is 1. The fourth-order valence-electron chi connectivity index (χ4n) is 3.66. The molecule has 1 unspecified atom stereocenters. The Balaban J connectivity index is 1.69. The molecular formula is C18H24N2O2. The molecular weight excluding hydrogens is 276 g/mol. The molecule has 2 aliphatic rings. The van der Waals surface area contributed by atoms with E-state index >= 15 is 0 Å². The van der Waals surface area contributed by atoms with Crippen LogP contribution in [0.2, 0.25) is 0 Å². The van der Waals surface area contributed by atoms with Crippen molar-refractivity contribution in [1.29, 1.82) is 0 Å². The highest BCUT2D eigenvalue weighted by Gasteiger charge is 2.34. The second kappa shape index (κ2) is 6.51. The molecule has 0 saturated heterocycles. The Kier molecular flexibility index (Phi) is 4.46. The standard InChI is InChI=1S/C18H24N2O2/c1-13-12-14-8-6-7-11-16(14)20(13)18(22)17(21)19-15-9-4-2-3-5-10-15/h6-8,11,13,15H,2-5,9-10,12H2,1H3,(H,19,21). The number of amides is 2. The lowest BCUT2D eigenvalue weighted by molar-refractivity contribution is -0.138. The molecule has 0 spiro atoms. The third kappa shape index (κ3) is 3.01. The van der Waals surface area contributed by atoms with Crippen molar-refractivity contribution in [1.82, 2.24) is 5.32 Å². The minimum atomic E-state index is -0.449. The van der Waals surface area contributed by atoms with Crippen molar-refractivity contribution < 1.29 is 9.59 Å². The van der Waals surface area contributed by atoms with Gasteiger partial charge in [0.15, 0.2) is 0 Å². The summed E-state index contributed by atoms with van der Waals surface area (Å²) in [4.78, 5) is 26.6. The number of para-hydroxylation sites is 1. The van der Waals surface area contributed by atoms with Crippen LogP contribution in [0.3, 0.4) is 0 Å². The molecule has 1 aromatic carbocycles. The number of carbonyl (C=O) groups is 2. The topological polar surface area (TPSA) is 49.4 Å². The first-order chi connectivity index (χ1) is 10.7. The maximum atomic E-state index is 12.6. The number of nitrogens with zero attached hydrogens (tertiary/aromatic N) is 1. The first kappa shape index (κ1) is 15.1. The van der Waals surface area contributed by atoms with Crippen LogP contribution in [0.25, 0.3) is 0 Å². The van der Waals surface area contributed by atoms with Crippen LogP contribution in [0.15, 0.2) is 24.3 Å². The zero-order valence-corrected chi connectivity index (χ0v) is 13.2. The normalized spacial score (nSPS) is 22.0. The maximum Gasteiger partial charge on any atom is 0.316 e. The monoisotopic (exact) mass is 300 g/mol. The summed E-state index contributed by atoms with van der Waals surface area (Å²) in [5.41, 5.74) is 2.03. The molecule has 1 aliphatic heterocycles. The third-order valence-corrected chi connectivity index (χ3v) is 4.81. The lowest BCUT2D eigenvalue weighted by atomic mass is 10.1. The summed E-state index contributed by atoms with van der Waals surface area (Å²) in [6.45, 7) is 2.00. The Morgan fingerprint density at radius 3 is 2.50 bits per heavy atom. The molecule has 118 valence electrons. The van der Waals surface area contributed by atoms with Crippen molar-refractivity contribution in [2.45, 2.75) is 64.0 Å². The molecule has 0 radical (unpaired) electrons. The number of hydrogen-bond acceptors (Lipinski definition) is 2. The van der Waals surface area contributed by atoms with E-state index in [1.165, 1.54) is 12.8 Å². The molecule has 0 aromatic heterocycles. The average Bonchev–Trinajstić information content (AvgIpc) is 2.67. The molecule has 1 heterocycles. The van der Waals surface area contributed by atoms with Crippen LogP contribution in [0, 0.1) is 0 Å². The number of rotatable bonds is 1. The Morgan fingerprint density at radius 1 is 1.09 bits per heavy atom. The van der Waals surface area contributed by atoms with Gasteiger partial charge in [-0.1, -0.05) is 43.9 Å². The predicted octanol–water partition coefficient (Wildman–Crippen LogP) is 2.80. The molecule has 22 heavy (non-hydrogen) atoms. The van der Waals surface area contributed by atoms with E-state index in [0.29, 0.717) is 0 Å². The molecule has 2 amide bonds. The van der Waals surface area contributed by atoms with Crippen LogP contribution in [-0.4, -0.2) is 23.9 Å². The van der Waals surface area contributed by atoms with Crippen molar-refractivity contribution >= 4 is 17.5 Å². The van der Waals surface area contributed by atoms with Gasteiger partial charge in [0.05, 0.1) is 0 Å².